The summed E-state index contributed by atoms with van der Waals surface area (Å²) in [6, 6.07) is 0. The maximum atomic E-state index is 4.36. The lowest BCUT2D eigenvalue weighted by atomic mass is 9.72. The lowest BCUT2D eigenvalue weighted by Crippen LogP contribution is -2.20. The number of rotatable bonds is 1. The monoisotopic (exact) mass is 209 g/mol. The van der Waals surface area contributed by atoms with Gasteiger partial charge in [0.25, 0.3) is 0 Å². The van der Waals surface area contributed by atoms with Crippen LogP contribution in [0.25, 0.3) is 0 Å². The van der Waals surface area contributed by atoms with Crippen LogP contribution in [0.3, 0.4) is 0 Å². The third kappa shape index (κ3) is 2.17. The predicted molar refractivity (Wildman–Crippen MR) is 61.8 cm³/mol. The summed E-state index contributed by atoms with van der Waals surface area (Å²) in [5.41, 5.74) is 0.542. The first-order valence-electron chi connectivity index (χ1n) is 5.49. The second-order valence-corrected chi connectivity index (χ2v) is 6.51. The highest BCUT2D eigenvalue weighted by atomic mass is 32.1. The van der Waals surface area contributed by atoms with Gasteiger partial charge in [-0.25, -0.2) is 4.98 Å². The van der Waals surface area contributed by atoms with Crippen LogP contribution >= 0.6 is 11.3 Å². The van der Waals surface area contributed by atoms with E-state index in [0.29, 0.717) is 5.41 Å². The third-order valence-electron chi connectivity index (χ3n) is 3.25. The van der Waals surface area contributed by atoms with Gasteiger partial charge in [0.15, 0.2) is 0 Å². The van der Waals surface area contributed by atoms with Crippen molar-refractivity contribution in [1.29, 1.82) is 0 Å². The molecule has 0 aromatic carbocycles. The molecule has 1 fully saturated rings. The molecule has 0 saturated heterocycles. The highest BCUT2D eigenvalue weighted by molar-refractivity contribution is 7.11. The van der Waals surface area contributed by atoms with Gasteiger partial charge < -0.3 is 0 Å². The van der Waals surface area contributed by atoms with Crippen LogP contribution in [-0.2, 0) is 0 Å². The minimum absolute atomic E-state index is 0.542. The Morgan fingerprint density at radius 1 is 1.50 bits per heavy atom. The van der Waals surface area contributed by atoms with Crippen LogP contribution in [0, 0.1) is 12.3 Å². The molecule has 14 heavy (non-hydrogen) atoms. The molecular weight excluding hydrogens is 190 g/mol. The van der Waals surface area contributed by atoms with Crippen molar-refractivity contribution in [3.8, 4) is 0 Å². The Labute approximate surface area is 90.6 Å². The van der Waals surface area contributed by atoms with Crippen LogP contribution < -0.4 is 0 Å². The molecule has 0 bridgehead atoms. The molecule has 2 heteroatoms. The van der Waals surface area contributed by atoms with E-state index >= 15 is 0 Å². The largest absolute Gasteiger partial charge is 0.250 e. The lowest BCUT2D eigenvalue weighted by molar-refractivity contribution is 0.221. The molecule has 1 aliphatic rings. The summed E-state index contributed by atoms with van der Waals surface area (Å²) in [5.74, 6) is 0.782. The predicted octanol–water partition coefficient (Wildman–Crippen LogP) is 4.14. The van der Waals surface area contributed by atoms with Crippen molar-refractivity contribution in [3.63, 3.8) is 0 Å². The molecule has 1 aliphatic carbocycles. The summed E-state index contributed by atoms with van der Waals surface area (Å²) in [7, 11) is 0. The van der Waals surface area contributed by atoms with Crippen LogP contribution in [0.15, 0.2) is 6.20 Å². The van der Waals surface area contributed by atoms with Gasteiger partial charge >= 0.3 is 0 Å². The maximum absolute atomic E-state index is 4.36. The molecule has 1 unspecified atom stereocenters. The van der Waals surface area contributed by atoms with Crippen LogP contribution in [0.5, 0.6) is 0 Å². The fraction of sp³-hybridized carbons (Fsp3) is 0.750. The van der Waals surface area contributed by atoms with Crippen molar-refractivity contribution >= 4 is 11.3 Å². The molecule has 2 rings (SSSR count). The topological polar surface area (TPSA) is 12.9 Å². The molecule has 78 valence electrons. The van der Waals surface area contributed by atoms with E-state index in [1.807, 2.05) is 11.3 Å². The number of aryl methyl sites for hydroxylation is 1. The quantitative estimate of drug-likeness (QED) is 0.677. The Bertz CT molecular complexity index is 314. The maximum Gasteiger partial charge on any atom is 0.0896 e. The van der Waals surface area contributed by atoms with Gasteiger partial charge in [-0.15, -0.1) is 11.3 Å². The van der Waals surface area contributed by atoms with Crippen molar-refractivity contribution in [1.82, 2.24) is 4.98 Å². The van der Waals surface area contributed by atoms with Gasteiger partial charge in [-0.3, -0.25) is 0 Å². The van der Waals surface area contributed by atoms with Gasteiger partial charge in [0.1, 0.15) is 0 Å². The van der Waals surface area contributed by atoms with Gasteiger partial charge in [-0.1, -0.05) is 20.3 Å². The standard InChI is InChI=1S/C12H19NS/c1-9-13-8-11(14-9)10-5-4-6-12(2,3)7-10/h8,10H,4-7H2,1-3H3. The minimum atomic E-state index is 0.542. The molecule has 0 amide bonds. The number of hydrogen-bond acceptors (Lipinski definition) is 2. The number of hydrogen-bond donors (Lipinski definition) is 0. The van der Waals surface area contributed by atoms with Crippen molar-refractivity contribution in [2.24, 2.45) is 5.41 Å². The summed E-state index contributed by atoms with van der Waals surface area (Å²) in [6.07, 6.45) is 7.57. The third-order valence-corrected chi connectivity index (χ3v) is 4.32. The van der Waals surface area contributed by atoms with Crippen molar-refractivity contribution in [2.75, 3.05) is 0 Å². The van der Waals surface area contributed by atoms with E-state index in [1.165, 1.54) is 35.6 Å². The molecule has 0 radical (unpaired) electrons. The fourth-order valence-corrected chi connectivity index (χ4v) is 3.43. The molecule has 0 N–H and O–H groups in total. The van der Waals surface area contributed by atoms with E-state index in [1.54, 1.807) is 0 Å². The molecule has 0 spiro atoms. The Kier molecular flexibility index (Phi) is 2.65. The summed E-state index contributed by atoms with van der Waals surface area (Å²) in [6.45, 7) is 6.89. The Morgan fingerprint density at radius 2 is 2.29 bits per heavy atom. The van der Waals surface area contributed by atoms with Crippen molar-refractivity contribution in [2.45, 2.75) is 52.4 Å². The Balaban J connectivity index is 2.12. The highest BCUT2D eigenvalue weighted by Crippen LogP contribution is 2.44. The summed E-state index contributed by atoms with van der Waals surface area (Å²) < 4.78 is 0. The molecule has 1 heterocycles. The normalized spacial score (nSPS) is 26.4. The second-order valence-electron chi connectivity index (χ2n) is 5.24. The van der Waals surface area contributed by atoms with Crippen molar-refractivity contribution in [3.05, 3.63) is 16.1 Å². The molecule has 0 aliphatic heterocycles. The van der Waals surface area contributed by atoms with Gasteiger partial charge in [0.05, 0.1) is 5.01 Å². The molecule has 1 saturated carbocycles. The zero-order chi connectivity index (χ0) is 10.2. The summed E-state index contributed by atoms with van der Waals surface area (Å²) in [5, 5.41) is 1.21. The van der Waals surface area contributed by atoms with E-state index in [4.69, 9.17) is 0 Å². The van der Waals surface area contributed by atoms with E-state index < -0.39 is 0 Å². The first-order valence-corrected chi connectivity index (χ1v) is 6.31. The fourth-order valence-electron chi connectivity index (χ4n) is 2.51. The van der Waals surface area contributed by atoms with Crippen molar-refractivity contribution < 1.29 is 0 Å². The first-order chi connectivity index (χ1) is 6.57. The second kappa shape index (κ2) is 3.65. The van der Waals surface area contributed by atoms with E-state index in [-0.39, 0.29) is 0 Å². The number of thiazole rings is 1. The average molecular weight is 209 g/mol. The summed E-state index contributed by atoms with van der Waals surface area (Å²) >= 11 is 1.88. The van der Waals surface area contributed by atoms with Gasteiger partial charge in [0.2, 0.25) is 0 Å². The smallest absolute Gasteiger partial charge is 0.0896 e. The number of nitrogens with zero attached hydrogens (tertiary/aromatic N) is 1. The first kappa shape index (κ1) is 10.2. The zero-order valence-electron chi connectivity index (χ0n) is 9.34. The van der Waals surface area contributed by atoms with E-state index in [2.05, 4.69) is 32.0 Å². The SMILES string of the molecule is Cc1ncc(C2CCCC(C)(C)C2)s1. The minimum Gasteiger partial charge on any atom is -0.250 e. The molecule has 1 aromatic heterocycles. The molecule has 1 nitrogen and oxygen atoms in total. The Morgan fingerprint density at radius 3 is 2.86 bits per heavy atom. The van der Waals surface area contributed by atoms with E-state index in [9.17, 15) is 0 Å². The average Bonchev–Trinajstić information content (AvgIpc) is 2.50. The summed E-state index contributed by atoms with van der Waals surface area (Å²) in [4.78, 5) is 5.87. The van der Waals surface area contributed by atoms with E-state index in [0.717, 1.165) is 5.92 Å². The lowest BCUT2D eigenvalue weighted by Gasteiger charge is -2.34. The van der Waals surface area contributed by atoms with Gasteiger partial charge in [-0.05, 0) is 37.5 Å². The van der Waals surface area contributed by atoms with Crippen LogP contribution in [0.1, 0.15) is 55.3 Å². The highest BCUT2D eigenvalue weighted by Gasteiger charge is 2.29. The number of aromatic nitrogens is 1. The molecular formula is C12H19NS. The van der Waals surface area contributed by atoms with Crippen LogP contribution in [0.4, 0.5) is 0 Å². The van der Waals surface area contributed by atoms with Gasteiger partial charge in [0, 0.05) is 11.1 Å². The zero-order valence-corrected chi connectivity index (χ0v) is 10.2. The molecule has 1 aromatic rings. The van der Waals surface area contributed by atoms with Crippen LogP contribution in [0.2, 0.25) is 0 Å². The van der Waals surface area contributed by atoms with Gasteiger partial charge in [-0.2, -0.15) is 0 Å². The van der Waals surface area contributed by atoms with Crippen LogP contribution in [-0.4, -0.2) is 4.98 Å². The molecule has 1 atom stereocenters. The Hall–Kier alpha value is -0.370.